The highest BCUT2D eigenvalue weighted by molar-refractivity contribution is 7.15. The number of aromatic nitrogens is 2. The lowest BCUT2D eigenvalue weighted by molar-refractivity contribution is -0.107. The highest BCUT2D eigenvalue weighted by atomic mass is 32.1. The lowest BCUT2D eigenvalue weighted by Crippen LogP contribution is -2.61. The zero-order chi connectivity index (χ0) is 13.5. The van der Waals surface area contributed by atoms with E-state index in [1.54, 1.807) is 16.7 Å². The molecule has 3 heterocycles. The molecule has 1 aliphatic heterocycles. The summed E-state index contributed by atoms with van der Waals surface area (Å²) in [7, 11) is 0. The normalized spacial score (nSPS) is 18.6. The standard InChI is InChI=1S/C13H17N3O2S/c1-2-3-13(18)8-15(9-13)7-10-6-11(17)16-4-5-19-12(16)14-10/h4-6,18H,2-3,7-9H2,1H3. The molecule has 1 fully saturated rings. The molecule has 0 bridgehead atoms. The molecule has 2 aromatic heterocycles. The fourth-order valence-corrected chi connectivity index (χ4v) is 3.46. The first-order valence-corrected chi connectivity index (χ1v) is 7.38. The topological polar surface area (TPSA) is 57.8 Å². The maximum Gasteiger partial charge on any atom is 0.258 e. The number of fused-ring (bicyclic) bond motifs is 1. The molecule has 5 nitrogen and oxygen atoms in total. The molecule has 2 aromatic rings. The summed E-state index contributed by atoms with van der Waals surface area (Å²) in [5.41, 5.74) is 0.216. The summed E-state index contributed by atoms with van der Waals surface area (Å²) in [6.45, 7) is 4.06. The Morgan fingerprint density at radius 2 is 2.32 bits per heavy atom. The van der Waals surface area contributed by atoms with Gasteiger partial charge in [-0.15, -0.1) is 11.3 Å². The average molecular weight is 279 g/mol. The highest BCUT2D eigenvalue weighted by Crippen LogP contribution is 2.26. The maximum absolute atomic E-state index is 11.8. The Kier molecular flexibility index (Phi) is 3.16. The predicted molar refractivity (Wildman–Crippen MR) is 74.5 cm³/mol. The van der Waals surface area contributed by atoms with Crippen LogP contribution in [0.3, 0.4) is 0 Å². The van der Waals surface area contributed by atoms with Gasteiger partial charge in [0.15, 0.2) is 4.96 Å². The van der Waals surface area contributed by atoms with Gasteiger partial charge in [-0.3, -0.25) is 14.1 Å². The minimum absolute atomic E-state index is 0.0365. The molecule has 0 saturated carbocycles. The van der Waals surface area contributed by atoms with E-state index >= 15 is 0 Å². The van der Waals surface area contributed by atoms with E-state index in [-0.39, 0.29) is 5.56 Å². The molecule has 1 saturated heterocycles. The zero-order valence-corrected chi connectivity index (χ0v) is 11.7. The number of aliphatic hydroxyl groups is 1. The van der Waals surface area contributed by atoms with Crippen molar-refractivity contribution in [1.82, 2.24) is 14.3 Å². The van der Waals surface area contributed by atoms with E-state index in [0.29, 0.717) is 19.6 Å². The van der Waals surface area contributed by atoms with Gasteiger partial charge in [-0.05, 0) is 6.42 Å². The molecule has 6 heteroatoms. The summed E-state index contributed by atoms with van der Waals surface area (Å²) < 4.78 is 1.55. The summed E-state index contributed by atoms with van der Waals surface area (Å²) in [4.78, 5) is 19.2. The largest absolute Gasteiger partial charge is 0.387 e. The Morgan fingerprint density at radius 1 is 1.53 bits per heavy atom. The Morgan fingerprint density at radius 3 is 3.05 bits per heavy atom. The van der Waals surface area contributed by atoms with Crippen LogP contribution < -0.4 is 5.56 Å². The van der Waals surface area contributed by atoms with Gasteiger partial charge in [0.2, 0.25) is 0 Å². The van der Waals surface area contributed by atoms with Crippen molar-refractivity contribution >= 4 is 16.3 Å². The number of thiazole rings is 1. The van der Waals surface area contributed by atoms with Gasteiger partial charge in [0.05, 0.1) is 11.3 Å². The molecule has 0 atom stereocenters. The van der Waals surface area contributed by atoms with Gasteiger partial charge in [0, 0.05) is 37.3 Å². The molecule has 19 heavy (non-hydrogen) atoms. The van der Waals surface area contributed by atoms with E-state index in [9.17, 15) is 9.90 Å². The zero-order valence-electron chi connectivity index (χ0n) is 10.9. The van der Waals surface area contributed by atoms with Crippen LogP contribution in [-0.2, 0) is 6.54 Å². The Hall–Kier alpha value is -1.24. The van der Waals surface area contributed by atoms with Crippen LogP contribution in [0.2, 0.25) is 0 Å². The quantitative estimate of drug-likeness (QED) is 0.910. The minimum atomic E-state index is -0.531. The summed E-state index contributed by atoms with van der Waals surface area (Å²) >= 11 is 1.46. The van der Waals surface area contributed by atoms with E-state index in [2.05, 4.69) is 16.8 Å². The highest BCUT2D eigenvalue weighted by Gasteiger charge is 2.39. The second-order valence-corrected chi connectivity index (χ2v) is 6.13. The van der Waals surface area contributed by atoms with E-state index < -0.39 is 5.60 Å². The Labute approximate surface area is 115 Å². The number of nitrogens with zero attached hydrogens (tertiary/aromatic N) is 3. The molecule has 0 radical (unpaired) electrons. The van der Waals surface area contributed by atoms with Crippen LogP contribution in [-0.4, -0.2) is 38.1 Å². The van der Waals surface area contributed by atoms with Gasteiger partial charge in [0.1, 0.15) is 0 Å². The third kappa shape index (κ3) is 2.43. The van der Waals surface area contributed by atoms with Crippen molar-refractivity contribution in [3.63, 3.8) is 0 Å². The van der Waals surface area contributed by atoms with Crippen LogP contribution in [0.1, 0.15) is 25.5 Å². The first-order chi connectivity index (χ1) is 9.09. The SMILES string of the molecule is CCCC1(O)CN(Cc2cc(=O)n3ccsc3n2)C1. The third-order valence-electron chi connectivity index (χ3n) is 3.49. The first-order valence-electron chi connectivity index (χ1n) is 6.50. The average Bonchev–Trinajstić information content (AvgIpc) is 2.76. The molecular weight excluding hydrogens is 262 g/mol. The smallest absolute Gasteiger partial charge is 0.258 e. The molecule has 0 amide bonds. The van der Waals surface area contributed by atoms with Crippen molar-refractivity contribution in [2.24, 2.45) is 0 Å². The minimum Gasteiger partial charge on any atom is -0.387 e. The number of hydrogen-bond acceptors (Lipinski definition) is 5. The lowest BCUT2D eigenvalue weighted by atomic mass is 9.89. The van der Waals surface area contributed by atoms with Crippen LogP contribution in [0.15, 0.2) is 22.4 Å². The van der Waals surface area contributed by atoms with E-state index in [1.807, 2.05) is 5.38 Å². The van der Waals surface area contributed by atoms with Crippen molar-refractivity contribution in [3.05, 3.63) is 33.7 Å². The molecular formula is C13H17N3O2S. The van der Waals surface area contributed by atoms with Crippen molar-refractivity contribution in [1.29, 1.82) is 0 Å². The summed E-state index contributed by atoms with van der Waals surface area (Å²) in [6, 6.07) is 1.58. The first kappa shape index (κ1) is 12.8. The van der Waals surface area contributed by atoms with Crippen LogP contribution in [0, 0.1) is 0 Å². The van der Waals surface area contributed by atoms with Crippen molar-refractivity contribution in [3.8, 4) is 0 Å². The van der Waals surface area contributed by atoms with Gasteiger partial charge in [-0.1, -0.05) is 13.3 Å². The molecule has 1 aliphatic rings. The van der Waals surface area contributed by atoms with Crippen LogP contribution >= 0.6 is 11.3 Å². The van der Waals surface area contributed by atoms with Gasteiger partial charge < -0.3 is 5.11 Å². The molecule has 0 unspecified atom stereocenters. The summed E-state index contributed by atoms with van der Waals surface area (Å²) in [6.07, 6.45) is 3.57. The number of β-amino-alcohol motifs (C(OH)–C–C–N with tert-alkyl or cyclic N) is 1. The number of rotatable bonds is 4. The van der Waals surface area contributed by atoms with Crippen LogP contribution in [0.5, 0.6) is 0 Å². The fraction of sp³-hybridized carbons (Fsp3) is 0.538. The fourth-order valence-electron chi connectivity index (χ4n) is 2.72. The lowest BCUT2D eigenvalue weighted by Gasteiger charge is -2.46. The molecule has 3 rings (SSSR count). The monoisotopic (exact) mass is 279 g/mol. The molecule has 0 spiro atoms. The maximum atomic E-state index is 11.8. The van der Waals surface area contributed by atoms with E-state index in [1.165, 1.54) is 11.3 Å². The van der Waals surface area contributed by atoms with E-state index in [0.717, 1.165) is 23.5 Å². The second kappa shape index (κ2) is 4.70. The molecule has 0 aliphatic carbocycles. The van der Waals surface area contributed by atoms with Crippen LogP contribution in [0.4, 0.5) is 0 Å². The van der Waals surface area contributed by atoms with Gasteiger partial charge >= 0.3 is 0 Å². The summed E-state index contributed by atoms with van der Waals surface area (Å²) in [5.74, 6) is 0. The molecule has 1 N–H and O–H groups in total. The summed E-state index contributed by atoms with van der Waals surface area (Å²) in [5, 5.41) is 12.0. The third-order valence-corrected chi connectivity index (χ3v) is 4.25. The van der Waals surface area contributed by atoms with Gasteiger partial charge in [-0.25, -0.2) is 4.98 Å². The van der Waals surface area contributed by atoms with Crippen molar-refractivity contribution < 1.29 is 5.11 Å². The Bertz CT molecular complexity index is 643. The number of likely N-dealkylation sites (tertiary alicyclic amines) is 1. The predicted octanol–water partition coefficient (Wildman–Crippen LogP) is 1.10. The second-order valence-electron chi connectivity index (χ2n) is 5.26. The van der Waals surface area contributed by atoms with Gasteiger partial charge in [-0.2, -0.15) is 0 Å². The molecule has 102 valence electrons. The van der Waals surface area contributed by atoms with Crippen molar-refractivity contribution in [2.45, 2.75) is 31.9 Å². The molecule has 0 aromatic carbocycles. The van der Waals surface area contributed by atoms with Crippen LogP contribution in [0.25, 0.3) is 4.96 Å². The van der Waals surface area contributed by atoms with Gasteiger partial charge in [0.25, 0.3) is 5.56 Å². The number of hydrogen-bond donors (Lipinski definition) is 1. The van der Waals surface area contributed by atoms with Crippen molar-refractivity contribution in [2.75, 3.05) is 13.1 Å². The Balaban J connectivity index is 1.72. The van der Waals surface area contributed by atoms with E-state index in [4.69, 9.17) is 0 Å².